The number of rotatable bonds is 3. The summed E-state index contributed by atoms with van der Waals surface area (Å²) in [6.45, 7) is 4.94. The van der Waals surface area contributed by atoms with Crippen LogP contribution >= 0.6 is 0 Å². The van der Waals surface area contributed by atoms with Crippen molar-refractivity contribution in [3.8, 4) is 17.1 Å². The third kappa shape index (κ3) is 3.34. The van der Waals surface area contributed by atoms with Crippen LogP contribution in [0.4, 0.5) is 10.2 Å². The van der Waals surface area contributed by atoms with Crippen LogP contribution in [-0.4, -0.2) is 45.2 Å². The largest absolute Gasteiger partial charge is 0.354 e. The molecule has 4 heterocycles. The summed E-state index contributed by atoms with van der Waals surface area (Å²) in [7, 11) is 0. The van der Waals surface area contributed by atoms with Gasteiger partial charge in [0.1, 0.15) is 23.0 Å². The molecule has 29 heavy (non-hydrogen) atoms. The molecule has 1 aliphatic heterocycles. The molecule has 0 aliphatic carbocycles. The van der Waals surface area contributed by atoms with Gasteiger partial charge in [-0.1, -0.05) is 0 Å². The fourth-order valence-corrected chi connectivity index (χ4v) is 3.79. The van der Waals surface area contributed by atoms with Crippen molar-refractivity contribution < 1.29 is 4.39 Å². The second kappa shape index (κ2) is 7.25. The monoisotopic (exact) mass is 388 g/mol. The third-order valence-electron chi connectivity index (χ3n) is 5.21. The average Bonchev–Trinajstić information content (AvgIpc) is 3.13. The Morgan fingerprint density at radius 1 is 1.00 bits per heavy atom. The molecule has 1 unspecified atom stereocenters. The Hall–Kier alpha value is -3.32. The molecule has 1 saturated heterocycles. The highest BCUT2D eigenvalue weighted by Gasteiger charge is 2.20. The summed E-state index contributed by atoms with van der Waals surface area (Å²) >= 11 is 0. The molecular formula is C22H21FN6. The molecule has 0 spiro atoms. The molecule has 0 amide bonds. The van der Waals surface area contributed by atoms with Crippen molar-refractivity contribution in [3.63, 3.8) is 0 Å². The zero-order valence-electron chi connectivity index (χ0n) is 16.1. The molecule has 0 radical (unpaired) electrons. The fourth-order valence-electron chi connectivity index (χ4n) is 3.79. The summed E-state index contributed by atoms with van der Waals surface area (Å²) < 4.78 is 15.5. The van der Waals surface area contributed by atoms with E-state index in [9.17, 15) is 4.39 Å². The molecule has 6 nitrogen and oxygen atoms in total. The lowest BCUT2D eigenvalue weighted by atomic mass is 10.2. The van der Waals surface area contributed by atoms with E-state index in [1.165, 1.54) is 12.1 Å². The number of halogens is 1. The van der Waals surface area contributed by atoms with Crippen LogP contribution in [0.25, 0.3) is 28.2 Å². The number of nitrogens with zero attached hydrogens (tertiary/aromatic N) is 5. The summed E-state index contributed by atoms with van der Waals surface area (Å²) in [5, 5.41) is 3.46. The molecule has 3 aromatic heterocycles. The maximum atomic E-state index is 13.5. The van der Waals surface area contributed by atoms with Crippen molar-refractivity contribution in [2.45, 2.75) is 13.0 Å². The molecule has 1 N–H and O–H groups in total. The normalized spacial score (nSPS) is 17.0. The number of benzene rings is 1. The van der Waals surface area contributed by atoms with Gasteiger partial charge in [-0.15, -0.1) is 0 Å². The summed E-state index contributed by atoms with van der Waals surface area (Å²) in [5.41, 5.74) is 3.32. The molecule has 1 aromatic carbocycles. The van der Waals surface area contributed by atoms with Gasteiger partial charge < -0.3 is 10.2 Å². The molecule has 1 aliphatic rings. The second-order valence-corrected chi connectivity index (χ2v) is 7.30. The SMILES string of the molecule is CC1CN(c2ccc3nc(-c4ccc(F)cc4)n(-c4ccncc4)c3n2)CCN1. The molecule has 1 atom stereocenters. The van der Waals surface area contributed by atoms with E-state index in [0.717, 1.165) is 53.7 Å². The summed E-state index contributed by atoms with van der Waals surface area (Å²) in [4.78, 5) is 16.2. The lowest BCUT2D eigenvalue weighted by molar-refractivity contribution is 0.482. The van der Waals surface area contributed by atoms with Crippen molar-refractivity contribution in [3.05, 3.63) is 66.7 Å². The Kier molecular flexibility index (Phi) is 4.44. The number of fused-ring (bicyclic) bond motifs is 1. The second-order valence-electron chi connectivity index (χ2n) is 7.30. The Labute approximate surface area is 168 Å². The van der Waals surface area contributed by atoms with E-state index in [-0.39, 0.29) is 5.82 Å². The fraction of sp³-hybridized carbons (Fsp3) is 0.227. The highest BCUT2D eigenvalue weighted by Crippen LogP contribution is 2.29. The van der Waals surface area contributed by atoms with Crippen LogP contribution < -0.4 is 10.2 Å². The van der Waals surface area contributed by atoms with Gasteiger partial charge in [0, 0.05) is 43.6 Å². The lowest BCUT2D eigenvalue weighted by Gasteiger charge is -2.32. The first-order valence-electron chi connectivity index (χ1n) is 9.73. The van der Waals surface area contributed by atoms with Gasteiger partial charge in [-0.25, -0.2) is 14.4 Å². The van der Waals surface area contributed by atoms with Crippen LogP contribution in [0.15, 0.2) is 60.9 Å². The third-order valence-corrected chi connectivity index (χ3v) is 5.21. The van der Waals surface area contributed by atoms with Gasteiger partial charge in [0.15, 0.2) is 5.65 Å². The zero-order chi connectivity index (χ0) is 19.8. The number of nitrogens with one attached hydrogen (secondary N) is 1. The summed E-state index contributed by atoms with van der Waals surface area (Å²) in [6.07, 6.45) is 3.49. The number of hydrogen-bond acceptors (Lipinski definition) is 5. The first kappa shape index (κ1) is 17.8. The molecular weight excluding hydrogens is 367 g/mol. The van der Waals surface area contributed by atoms with Gasteiger partial charge in [-0.05, 0) is 55.5 Å². The van der Waals surface area contributed by atoms with E-state index in [4.69, 9.17) is 9.97 Å². The predicted molar refractivity (Wildman–Crippen MR) is 112 cm³/mol. The van der Waals surface area contributed by atoms with Crippen LogP contribution in [0, 0.1) is 5.82 Å². The van der Waals surface area contributed by atoms with Gasteiger partial charge in [0.2, 0.25) is 0 Å². The maximum Gasteiger partial charge on any atom is 0.167 e. The average molecular weight is 388 g/mol. The van der Waals surface area contributed by atoms with E-state index in [0.29, 0.717) is 6.04 Å². The topological polar surface area (TPSA) is 58.9 Å². The van der Waals surface area contributed by atoms with Gasteiger partial charge in [0.25, 0.3) is 0 Å². The van der Waals surface area contributed by atoms with Gasteiger partial charge >= 0.3 is 0 Å². The molecule has 0 bridgehead atoms. The van der Waals surface area contributed by atoms with Crippen molar-refractivity contribution in [2.75, 3.05) is 24.5 Å². The minimum Gasteiger partial charge on any atom is -0.354 e. The lowest BCUT2D eigenvalue weighted by Crippen LogP contribution is -2.49. The predicted octanol–water partition coefficient (Wildman–Crippen LogP) is 3.42. The Bertz CT molecular complexity index is 1140. The number of piperazine rings is 1. The number of anilines is 1. The van der Waals surface area contributed by atoms with Crippen LogP contribution in [0.1, 0.15) is 6.92 Å². The molecule has 7 heteroatoms. The van der Waals surface area contributed by atoms with Gasteiger partial charge in [-0.3, -0.25) is 9.55 Å². The zero-order valence-corrected chi connectivity index (χ0v) is 16.1. The number of aromatic nitrogens is 4. The molecule has 4 aromatic rings. The first-order chi connectivity index (χ1) is 14.2. The van der Waals surface area contributed by atoms with Crippen molar-refractivity contribution in [1.29, 1.82) is 0 Å². The summed E-state index contributed by atoms with van der Waals surface area (Å²) in [5.74, 6) is 1.39. The van der Waals surface area contributed by atoms with Gasteiger partial charge in [0.05, 0.1) is 5.69 Å². The maximum absolute atomic E-state index is 13.5. The van der Waals surface area contributed by atoms with Gasteiger partial charge in [-0.2, -0.15) is 0 Å². The Morgan fingerprint density at radius 3 is 2.55 bits per heavy atom. The number of imidazole rings is 1. The highest BCUT2D eigenvalue weighted by atomic mass is 19.1. The van der Waals surface area contributed by atoms with Crippen molar-refractivity contribution in [2.24, 2.45) is 0 Å². The first-order valence-corrected chi connectivity index (χ1v) is 9.73. The molecule has 146 valence electrons. The van der Waals surface area contributed by atoms with E-state index in [2.05, 4.69) is 22.1 Å². The molecule has 0 saturated carbocycles. The van der Waals surface area contributed by atoms with E-state index in [1.54, 1.807) is 24.5 Å². The number of pyridine rings is 2. The Morgan fingerprint density at radius 2 is 1.79 bits per heavy atom. The van der Waals surface area contributed by atoms with E-state index >= 15 is 0 Å². The highest BCUT2D eigenvalue weighted by molar-refractivity contribution is 5.81. The Balaban J connectivity index is 1.69. The van der Waals surface area contributed by atoms with E-state index < -0.39 is 0 Å². The van der Waals surface area contributed by atoms with Crippen LogP contribution in [-0.2, 0) is 0 Å². The summed E-state index contributed by atoms with van der Waals surface area (Å²) in [6, 6.07) is 14.7. The quantitative estimate of drug-likeness (QED) is 0.583. The molecule has 1 fully saturated rings. The van der Waals surface area contributed by atoms with E-state index in [1.807, 2.05) is 28.8 Å². The minimum absolute atomic E-state index is 0.270. The van der Waals surface area contributed by atoms with Crippen LogP contribution in [0.2, 0.25) is 0 Å². The van der Waals surface area contributed by atoms with Crippen molar-refractivity contribution >= 4 is 17.0 Å². The van der Waals surface area contributed by atoms with Crippen LogP contribution in [0.3, 0.4) is 0 Å². The molecule has 5 rings (SSSR count). The van der Waals surface area contributed by atoms with Crippen LogP contribution in [0.5, 0.6) is 0 Å². The number of hydrogen-bond donors (Lipinski definition) is 1. The standard InChI is InChI=1S/C22H21FN6/c1-15-14-28(13-12-25-15)20-7-6-19-22(27-20)29(18-8-10-24-11-9-18)21(26-19)16-2-4-17(23)5-3-16/h2-11,15,25H,12-14H2,1H3. The minimum atomic E-state index is -0.270. The smallest absolute Gasteiger partial charge is 0.167 e. The van der Waals surface area contributed by atoms with Crippen molar-refractivity contribution in [1.82, 2.24) is 24.8 Å².